The van der Waals surface area contributed by atoms with Gasteiger partial charge in [-0.1, -0.05) is 29.0 Å². The number of hydrogen-bond donors (Lipinski definition) is 0. The van der Waals surface area contributed by atoms with Gasteiger partial charge in [0.2, 0.25) is 0 Å². The molecule has 2 aromatic heterocycles. The number of rotatable bonds is 3. The fourth-order valence-electron chi connectivity index (χ4n) is 3.72. The number of aromatic nitrogens is 5. The highest BCUT2D eigenvalue weighted by Crippen LogP contribution is 2.30. The van der Waals surface area contributed by atoms with Crippen molar-refractivity contribution in [3.05, 3.63) is 53.7 Å². The summed E-state index contributed by atoms with van der Waals surface area (Å²) in [5.41, 5.74) is 5.38. The van der Waals surface area contributed by atoms with E-state index in [-0.39, 0.29) is 6.23 Å². The molecule has 1 fully saturated rings. The number of ether oxygens (including phenoxy) is 1. The first-order valence-electron chi connectivity index (χ1n) is 9.42. The average Bonchev–Trinajstić information content (AvgIpc) is 3.32. The molecule has 1 unspecified atom stereocenters. The molecule has 0 aliphatic carbocycles. The Balaban J connectivity index is 1.66. The van der Waals surface area contributed by atoms with Crippen molar-refractivity contribution in [2.24, 2.45) is 0 Å². The van der Waals surface area contributed by atoms with Crippen LogP contribution in [0.1, 0.15) is 38.0 Å². The Bertz CT molecular complexity index is 1200. The third-order valence-electron chi connectivity index (χ3n) is 5.25. The van der Waals surface area contributed by atoms with E-state index in [0.29, 0.717) is 10.5 Å². The molecular weight excluding hydrogens is 374 g/mol. The first-order valence-corrected chi connectivity index (χ1v) is 9.80. The van der Waals surface area contributed by atoms with Crippen LogP contribution in [-0.4, -0.2) is 31.4 Å². The van der Waals surface area contributed by atoms with Crippen LogP contribution in [0.4, 0.5) is 0 Å². The largest absolute Gasteiger partial charge is 0.356 e. The number of halogens is 1. The van der Waals surface area contributed by atoms with Crippen LogP contribution in [0, 0.1) is 0 Å². The maximum atomic E-state index is 6.42. The highest BCUT2D eigenvalue weighted by Gasteiger charge is 2.19. The van der Waals surface area contributed by atoms with Gasteiger partial charge in [0, 0.05) is 12.0 Å². The normalized spacial score (nSPS) is 17.4. The predicted octanol–water partition coefficient (Wildman–Crippen LogP) is 5.16. The molecule has 1 saturated heterocycles. The van der Waals surface area contributed by atoms with E-state index in [0.717, 1.165) is 59.1 Å². The van der Waals surface area contributed by atoms with Crippen LogP contribution < -0.4 is 0 Å². The molecule has 6 nitrogen and oxygen atoms in total. The molecule has 0 N–H and O–H groups in total. The van der Waals surface area contributed by atoms with E-state index in [9.17, 15) is 0 Å². The molecule has 0 amide bonds. The summed E-state index contributed by atoms with van der Waals surface area (Å²) in [6.45, 7) is 6.76. The number of nitrogens with zero attached hydrogens (tertiary/aromatic N) is 5. The number of fused-ring (bicyclic) bond motifs is 2. The van der Waals surface area contributed by atoms with Crippen molar-refractivity contribution in [3.8, 4) is 5.69 Å². The van der Waals surface area contributed by atoms with Crippen LogP contribution in [0.2, 0.25) is 5.02 Å². The van der Waals surface area contributed by atoms with Gasteiger partial charge in [-0.3, -0.25) is 0 Å². The molecule has 142 valence electrons. The highest BCUT2D eigenvalue weighted by molar-refractivity contribution is 6.35. The quantitative estimate of drug-likeness (QED) is 0.482. The van der Waals surface area contributed by atoms with Crippen molar-refractivity contribution in [1.29, 1.82) is 0 Å². The van der Waals surface area contributed by atoms with Crippen LogP contribution >= 0.6 is 11.6 Å². The summed E-state index contributed by atoms with van der Waals surface area (Å²) >= 11 is 6.42. The molecule has 5 rings (SSSR count). The lowest BCUT2D eigenvalue weighted by molar-refractivity contribution is -0.0366. The molecule has 0 spiro atoms. The van der Waals surface area contributed by atoms with Crippen molar-refractivity contribution in [1.82, 2.24) is 24.8 Å². The molecule has 1 aliphatic rings. The Kier molecular flexibility index (Phi) is 4.18. The van der Waals surface area contributed by atoms with Crippen LogP contribution in [0.5, 0.6) is 0 Å². The summed E-state index contributed by atoms with van der Waals surface area (Å²) < 4.78 is 9.71. The molecule has 0 saturated carbocycles. The molecule has 7 heteroatoms. The third-order valence-corrected chi connectivity index (χ3v) is 5.54. The third kappa shape index (κ3) is 2.80. The van der Waals surface area contributed by atoms with Crippen LogP contribution in [0.3, 0.4) is 0 Å². The van der Waals surface area contributed by atoms with Gasteiger partial charge in [0.25, 0.3) is 0 Å². The zero-order chi connectivity index (χ0) is 19.3. The molecule has 3 heterocycles. The SMILES string of the molecule is C=C(C)c1cc(Cl)c2nnn(-c3ccc4cnn(C5CCCCO5)c4c3)c2c1. The van der Waals surface area contributed by atoms with Crippen molar-refractivity contribution >= 4 is 39.1 Å². The summed E-state index contributed by atoms with van der Waals surface area (Å²) in [7, 11) is 0. The van der Waals surface area contributed by atoms with E-state index < -0.39 is 0 Å². The maximum Gasteiger partial charge on any atom is 0.150 e. The lowest BCUT2D eigenvalue weighted by Gasteiger charge is -2.23. The molecular formula is C21H20ClN5O. The van der Waals surface area contributed by atoms with E-state index in [1.54, 1.807) is 0 Å². The summed E-state index contributed by atoms with van der Waals surface area (Å²) in [5.74, 6) is 0. The summed E-state index contributed by atoms with van der Waals surface area (Å²) in [5, 5.41) is 14.8. The predicted molar refractivity (Wildman–Crippen MR) is 111 cm³/mol. The van der Waals surface area contributed by atoms with E-state index in [2.05, 4.69) is 34.1 Å². The Morgan fingerprint density at radius 2 is 2.11 bits per heavy atom. The van der Waals surface area contributed by atoms with Gasteiger partial charge in [0.05, 0.1) is 27.9 Å². The lowest BCUT2D eigenvalue weighted by Crippen LogP contribution is -2.19. The molecule has 4 aromatic rings. The molecule has 28 heavy (non-hydrogen) atoms. The number of hydrogen-bond acceptors (Lipinski definition) is 4. The van der Waals surface area contributed by atoms with Gasteiger partial charge in [-0.2, -0.15) is 5.10 Å². The topological polar surface area (TPSA) is 57.8 Å². The van der Waals surface area contributed by atoms with Gasteiger partial charge < -0.3 is 4.74 Å². The monoisotopic (exact) mass is 393 g/mol. The van der Waals surface area contributed by atoms with Crippen molar-refractivity contribution in [2.45, 2.75) is 32.4 Å². The van der Waals surface area contributed by atoms with Gasteiger partial charge >= 0.3 is 0 Å². The lowest BCUT2D eigenvalue weighted by atomic mass is 10.1. The van der Waals surface area contributed by atoms with Crippen molar-refractivity contribution in [3.63, 3.8) is 0 Å². The Labute approximate surface area is 167 Å². The smallest absolute Gasteiger partial charge is 0.150 e. The minimum Gasteiger partial charge on any atom is -0.356 e. The zero-order valence-corrected chi connectivity index (χ0v) is 16.4. The van der Waals surface area contributed by atoms with E-state index in [1.807, 2.05) is 40.7 Å². The summed E-state index contributed by atoms with van der Waals surface area (Å²) in [6, 6.07) is 10.1. The standard InChI is InChI=1S/C21H20ClN5O/c1-13(2)15-9-17(22)21-19(10-15)26(25-24-21)16-7-6-14-12-23-27(18(14)11-16)20-5-3-4-8-28-20/h6-7,9-12,20H,1,3-5,8H2,2H3. The second-order valence-corrected chi connectivity index (χ2v) is 7.67. The highest BCUT2D eigenvalue weighted by atomic mass is 35.5. The van der Waals surface area contributed by atoms with E-state index in [1.165, 1.54) is 0 Å². The first-order chi connectivity index (χ1) is 13.6. The minimum absolute atomic E-state index is 0.0153. The van der Waals surface area contributed by atoms with Gasteiger partial charge in [0.15, 0.2) is 6.23 Å². The van der Waals surface area contributed by atoms with E-state index in [4.69, 9.17) is 16.3 Å². The molecule has 0 radical (unpaired) electrons. The van der Waals surface area contributed by atoms with Crippen LogP contribution in [-0.2, 0) is 4.74 Å². The summed E-state index contributed by atoms with van der Waals surface area (Å²) in [6.07, 6.45) is 5.11. The Morgan fingerprint density at radius 3 is 2.89 bits per heavy atom. The van der Waals surface area contributed by atoms with Crippen LogP contribution in [0.25, 0.3) is 33.2 Å². The Hall–Kier alpha value is -2.70. The van der Waals surface area contributed by atoms with Crippen LogP contribution in [0.15, 0.2) is 43.1 Å². The zero-order valence-electron chi connectivity index (χ0n) is 15.6. The molecule has 0 bridgehead atoms. The van der Waals surface area contributed by atoms with Gasteiger partial charge in [-0.15, -0.1) is 5.10 Å². The first kappa shape index (κ1) is 17.4. The molecule has 1 atom stereocenters. The molecule has 1 aliphatic heterocycles. The van der Waals surface area contributed by atoms with Crippen molar-refractivity contribution in [2.75, 3.05) is 6.61 Å². The van der Waals surface area contributed by atoms with E-state index >= 15 is 0 Å². The maximum absolute atomic E-state index is 6.42. The number of allylic oxidation sites excluding steroid dienone is 1. The Morgan fingerprint density at radius 1 is 1.21 bits per heavy atom. The fraction of sp³-hybridized carbons (Fsp3) is 0.286. The number of benzene rings is 2. The second-order valence-electron chi connectivity index (χ2n) is 7.26. The second kappa shape index (κ2) is 6.72. The van der Waals surface area contributed by atoms with Gasteiger partial charge in [0.1, 0.15) is 5.52 Å². The average molecular weight is 394 g/mol. The minimum atomic E-state index is -0.0153. The van der Waals surface area contributed by atoms with Gasteiger partial charge in [-0.25, -0.2) is 9.36 Å². The van der Waals surface area contributed by atoms with Crippen molar-refractivity contribution < 1.29 is 4.74 Å². The molecule has 2 aromatic carbocycles. The fourth-order valence-corrected chi connectivity index (χ4v) is 3.98. The van der Waals surface area contributed by atoms with Gasteiger partial charge in [-0.05, 0) is 62.1 Å². The summed E-state index contributed by atoms with van der Waals surface area (Å²) in [4.78, 5) is 0.